The molecule has 146 valence electrons. The first-order valence-corrected chi connectivity index (χ1v) is 9.15. The van der Waals surface area contributed by atoms with Crippen molar-refractivity contribution in [3.8, 4) is 22.8 Å². The molecule has 2 aromatic carbocycles. The fraction of sp³-hybridized carbons (Fsp3) is 0.190. The molecule has 1 unspecified atom stereocenters. The molecule has 4 aromatic rings. The number of carbonyl (C=O) groups is 1. The molecular formula is C21H15F2N3O3. The number of benzene rings is 2. The predicted molar refractivity (Wildman–Crippen MR) is 100 cm³/mol. The molecule has 5 rings (SSSR count). The predicted octanol–water partition coefficient (Wildman–Crippen LogP) is 4.67. The van der Waals surface area contributed by atoms with Gasteiger partial charge in [0.05, 0.1) is 6.42 Å². The minimum atomic E-state index is -0.810. The van der Waals surface area contributed by atoms with Crippen molar-refractivity contribution < 1.29 is 23.2 Å². The van der Waals surface area contributed by atoms with Gasteiger partial charge in [-0.15, -0.1) is 0 Å². The monoisotopic (exact) mass is 395 g/mol. The summed E-state index contributed by atoms with van der Waals surface area (Å²) in [4.78, 5) is 18.7. The SMILES string of the molecule is O=C(O)CC1CCc2c1[nH]c1ccc(-c3noc(-c4cc(F)cc(F)c4)n3)cc21. The average Bonchev–Trinajstić information content (AvgIpc) is 3.36. The van der Waals surface area contributed by atoms with E-state index >= 15 is 0 Å². The summed E-state index contributed by atoms with van der Waals surface area (Å²) in [5.74, 6) is -1.94. The number of aromatic amines is 1. The Morgan fingerprint density at radius 3 is 2.72 bits per heavy atom. The maximum absolute atomic E-state index is 13.5. The van der Waals surface area contributed by atoms with E-state index in [1.807, 2.05) is 18.2 Å². The fourth-order valence-corrected chi connectivity index (χ4v) is 4.04. The number of carboxylic acid groups (broad SMARTS) is 1. The molecular weight excluding hydrogens is 380 g/mol. The normalized spacial score (nSPS) is 15.7. The van der Waals surface area contributed by atoms with E-state index in [1.165, 1.54) is 0 Å². The number of nitrogens with zero attached hydrogens (tertiary/aromatic N) is 2. The molecule has 2 aromatic heterocycles. The number of halogens is 2. The Kier molecular flexibility index (Phi) is 3.94. The molecule has 0 spiro atoms. The van der Waals surface area contributed by atoms with Gasteiger partial charge in [0.15, 0.2) is 0 Å². The standard InChI is InChI=1S/C21H15F2N3O3/c22-13-5-12(6-14(23)9-13)21-25-20(26-29-21)11-2-4-17-16(7-11)15-3-1-10(8-18(27)28)19(15)24-17/h2,4-7,9-10,24H,1,3,8H2,(H,27,28). The second-order valence-corrected chi connectivity index (χ2v) is 7.19. The van der Waals surface area contributed by atoms with Gasteiger partial charge < -0.3 is 14.6 Å². The summed E-state index contributed by atoms with van der Waals surface area (Å²) in [5.41, 5.74) is 3.88. The summed E-state index contributed by atoms with van der Waals surface area (Å²) in [6, 6.07) is 8.67. The van der Waals surface area contributed by atoms with Crippen molar-refractivity contribution in [1.82, 2.24) is 15.1 Å². The highest BCUT2D eigenvalue weighted by Crippen LogP contribution is 2.40. The van der Waals surface area contributed by atoms with Gasteiger partial charge in [-0.25, -0.2) is 8.78 Å². The first-order valence-electron chi connectivity index (χ1n) is 9.15. The molecule has 8 heteroatoms. The maximum atomic E-state index is 13.5. The van der Waals surface area contributed by atoms with E-state index in [1.54, 1.807) is 0 Å². The van der Waals surface area contributed by atoms with Crippen molar-refractivity contribution in [2.24, 2.45) is 0 Å². The number of aliphatic carboxylic acids is 1. The average molecular weight is 395 g/mol. The highest BCUT2D eigenvalue weighted by Gasteiger charge is 2.28. The second-order valence-electron chi connectivity index (χ2n) is 7.19. The molecule has 29 heavy (non-hydrogen) atoms. The molecule has 1 atom stereocenters. The van der Waals surface area contributed by atoms with Crippen molar-refractivity contribution in [3.05, 3.63) is 59.3 Å². The molecule has 0 fully saturated rings. The molecule has 2 N–H and O–H groups in total. The van der Waals surface area contributed by atoms with Crippen molar-refractivity contribution in [3.63, 3.8) is 0 Å². The third-order valence-corrected chi connectivity index (χ3v) is 5.30. The lowest BCUT2D eigenvalue weighted by Crippen LogP contribution is -2.03. The molecule has 2 heterocycles. The van der Waals surface area contributed by atoms with Gasteiger partial charge in [-0.1, -0.05) is 5.16 Å². The smallest absolute Gasteiger partial charge is 0.304 e. The third kappa shape index (κ3) is 3.06. The summed E-state index contributed by atoms with van der Waals surface area (Å²) in [6.07, 6.45) is 1.70. The quantitative estimate of drug-likeness (QED) is 0.524. The molecule has 0 amide bonds. The van der Waals surface area contributed by atoms with Crippen LogP contribution < -0.4 is 0 Å². The zero-order chi connectivity index (χ0) is 20.1. The van der Waals surface area contributed by atoms with Gasteiger partial charge in [-0.2, -0.15) is 4.98 Å². The molecule has 0 saturated heterocycles. The van der Waals surface area contributed by atoms with E-state index in [9.17, 15) is 13.6 Å². The summed E-state index contributed by atoms with van der Waals surface area (Å²) >= 11 is 0. The zero-order valence-corrected chi connectivity index (χ0v) is 15.1. The summed E-state index contributed by atoms with van der Waals surface area (Å²) in [7, 11) is 0. The number of H-pyrrole nitrogens is 1. The Hall–Kier alpha value is -3.55. The molecule has 0 radical (unpaired) electrons. The van der Waals surface area contributed by atoms with Gasteiger partial charge in [-0.05, 0) is 48.7 Å². The molecule has 0 saturated carbocycles. The molecule has 0 aliphatic heterocycles. The van der Waals surface area contributed by atoms with Gasteiger partial charge in [0, 0.05) is 39.7 Å². The molecule has 1 aliphatic carbocycles. The van der Waals surface area contributed by atoms with Crippen LogP contribution in [0.3, 0.4) is 0 Å². The van der Waals surface area contributed by atoms with E-state index in [-0.39, 0.29) is 23.8 Å². The Morgan fingerprint density at radius 1 is 1.17 bits per heavy atom. The van der Waals surface area contributed by atoms with E-state index in [0.717, 1.165) is 53.2 Å². The van der Waals surface area contributed by atoms with Gasteiger partial charge in [0.1, 0.15) is 11.6 Å². The van der Waals surface area contributed by atoms with Crippen LogP contribution in [0.1, 0.15) is 30.0 Å². The Bertz CT molecular complexity index is 1240. The Labute approximate surface area is 163 Å². The Morgan fingerprint density at radius 2 is 1.97 bits per heavy atom. The number of carboxylic acids is 1. The third-order valence-electron chi connectivity index (χ3n) is 5.30. The van der Waals surface area contributed by atoms with Crippen LogP contribution in [-0.2, 0) is 11.2 Å². The lowest BCUT2D eigenvalue weighted by atomic mass is 10.0. The minimum absolute atomic E-state index is 0.0157. The first kappa shape index (κ1) is 17.5. The summed E-state index contributed by atoms with van der Waals surface area (Å²) in [6.45, 7) is 0. The van der Waals surface area contributed by atoms with E-state index in [4.69, 9.17) is 9.63 Å². The number of nitrogens with one attached hydrogen (secondary N) is 1. The number of hydrogen-bond donors (Lipinski definition) is 2. The summed E-state index contributed by atoms with van der Waals surface area (Å²) < 4.78 is 32.1. The largest absolute Gasteiger partial charge is 0.481 e. The van der Waals surface area contributed by atoms with Gasteiger partial charge in [-0.3, -0.25) is 4.79 Å². The van der Waals surface area contributed by atoms with Crippen molar-refractivity contribution >= 4 is 16.9 Å². The number of aryl methyl sites for hydroxylation is 1. The lowest BCUT2D eigenvalue weighted by molar-refractivity contribution is -0.137. The first-order chi connectivity index (χ1) is 14.0. The van der Waals surface area contributed by atoms with Crippen molar-refractivity contribution in [1.29, 1.82) is 0 Å². The van der Waals surface area contributed by atoms with E-state index < -0.39 is 17.6 Å². The van der Waals surface area contributed by atoms with E-state index in [2.05, 4.69) is 15.1 Å². The van der Waals surface area contributed by atoms with E-state index in [0.29, 0.717) is 11.4 Å². The van der Waals surface area contributed by atoms with Gasteiger partial charge in [0.25, 0.3) is 5.89 Å². The van der Waals surface area contributed by atoms with Crippen LogP contribution in [0.4, 0.5) is 8.78 Å². The van der Waals surface area contributed by atoms with Crippen LogP contribution in [0.5, 0.6) is 0 Å². The topological polar surface area (TPSA) is 92.0 Å². The zero-order valence-electron chi connectivity index (χ0n) is 15.1. The summed E-state index contributed by atoms with van der Waals surface area (Å²) in [5, 5.41) is 14.0. The van der Waals surface area contributed by atoms with Gasteiger partial charge in [0.2, 0.25) is 5.82 Å². The van der Waals surface area contributed by atoms with Crippen molar-refractivity contribution in [2.75, 3.05) is 0 Å². The second kappa shape index (κ2) is 6.51. The van der Waals surface area contributed by atoms with Crippen LogP contribution >= 0.6 is 0 Å². The van der Waals surface area contributed by atoms with Crippen LogP contribution in [0.15, 0.2) is 40.9 Å². The number of aromatic nitrogens is 3. The number of hydrogen-bond acceptors (Lipinski definition) is 4. The van der Waals surface area contributed by atoms with Crippen molar-refractivity contribution in [2.45, 2.75) is 25.2 Å². The molecule has 1 aliphatic rings. The number of fused-ring (bicyclic) bond motifs is 3. The lowest BCUT2D eigenvalue weighted by Gasteiger charge is -2.05. The highest BCUT2D eigenvalue weighted by molar-refractivity contribution is 5.89. The van der Waals surface area contributed by atoms with Crippen LogP contribution in [0.25, 0.3) is 33.7 Å². The highest BCUT2D eigenvalue weighted by atomic mass is 19.1. The Balaban J connectivity index is 1.52. The minimum Gasteiger partial charge on any atom is -0.481 e. The van der Waals surface area contributed by atoms with Crippen LogP contribution in [0, 0.1) is 11.6 Å². The number of rotatable bonds is 4. The maximum Gasteiger partial charge on any atom is 0.304 e. The van der Waals surface area contributed by atoms with Gasteiger partial charge >= 0.3 is 5.97 Å². The van der Waals surface area contributed by atoms with Crippen LogP contribution in [-0.4, -0.2) is 26.2 Å². The van der Waals surface area contributed by atoms with Crippen LogP contribution in [0.2, 0.25) is 0 Å². The molecule has 6 nitrogen and oxygen atoms in total. The fourth-order valence-electron chi connectivity index (χ4n) is 4.04. The molecule has 0 bridgehead atoms.